The molecule has 1 heterocycles. The van der Waals surface area contributed by atoms with Gasteiger partial charge in [0.2, 0.25) is 5.82 Å². The molecule has 0 amide bonds. The summed E-state index contributed by atoms with van der Waals surface area (Å²) in [5, 5.41) is 0. The van der Waals surface area contributed by atoms with Crippen molar-refractivity contribution in [3.63, 3.8) is 0 Å². The van der Waals surface area contributed by atoms with Gasteiger partial charge in [-0.1, -0.05) is 31.1 Å². The molecule has 2 nitrogen and oxygen atoms in total. The first-order valence-electron chi connectivity index (χ1n) is 16.9. The summed E-state index contributed by atoms with van der Waals surface area (Å²) in [4.78, 5) is 0. The Morgan fingerprint density at radius 1 is 0.750 bits per heavy atom. The van der Waals surface area contributed by atoms with Gasteiger partial charge in [-0.25, -0.2) is 4.39 Å². The molecular weight excluding hydrogens is 502 g/mol. The van der Waals surface area contributed by atoms with E-state index in [0.717, 1.165) is 67.8 Å². The minimum Gasteiger partial charge on any atom is -0.491 e. The van der Waals surface area contributed by atoms with Gasteiger partial charge in [0.25, 0.3) is 0 Å². The number of hydrogen-bond donors (Lipinski definition) is 0. The molecule has 0 aromatic heterocycles. The fourth-order valence-electron chi connectivity index (χ4n) is 9.00. The Balaban J connectivity index is 1.01. The van der Waals surface area contributed by atoms with Crippen LogP contribution in [-0.2, 0) is 4.74 Å². The van der Waals surface area contributed by atoms with Gasteiger partial charge in [-0.2, -0.15) is 4.39 Å². The van der Waals surface area contributed by atoms with Crippen molar-refractivity contribution in [1.82, 2.24) is 0 Å². The zero-order valence-corrected chi connectivity index (χ0v) is 25.2. The van der Waals surface area contributed by atoms with Crippen LogP contribution in [0.15, 0.2) is 24.3 Å². The van der Waals surface area contributed by atoms with Crippen molar-refractivity contribution in [3.8, 4) is 5.75 Å². The topological polar surface area (TPSA) is 18.5 Å². The van der Waals surface area contributed by atoms with Crippen LogP contribution < -0.4 is 4.74 Å². The maximum absolute atomic E-state index is 14.8. The molecule has 1 saturated heterocycles. The standard InChI is InChI=1S/C36H54F2O2/c1-3-5-6-7-25-8-10-30(11-9-25)33-22-20-31(24-40-33)28-14-12-26(13-15-28)27-16-18-29(19-17-27)32-21-23-34(39-4-2)36(38)35(32)37/h3,5,21,23,25-31,33H,4,6-20,22,24H2,1-2H3. The molecule has 0 spiro atoms. The Kier molecular flexibility index (Phi) is 11.0. The van der Waals surface area contributed by atoms with Crippen LogP contribution in [0.3, 0.4) is 0 Å². The van der Waals surface area contributed by atoms with Crippen LogP contribution in [0.4, 0.5) is 8.78 Å². The summed E-state index contributed by atoms with van der Waals surface area (Å²) in [6, 6.07) is 3.37. The zero-order chi connectivity index (χ0) is 27.9. The van der Waals surface area contributed by atoms with Gasteiger partial charge in [0.05, 0.1) is 19.3 Å². The van der Waals surface area contributed by atoms with E-state index in [2.05, 4.69) is 19.1 Å². The van der Waals surface area contributed by atoms with E-state index in [4.69, 9.17) is 9.47 Å². The van der Waals surface area contributed by atoms with Gasteiger partial charge < -0.3 is 9.47 Å². The second-order valence-corrected chi connectivity index (χ2v) is 13.6. The highest BCUT2D eigenvalue weighted by Gasteiger charge is 2.37. The molecule has 224 valence electrons. The summed E-state index contributed by atoms with van der Waals surface area (Å²) < 4.78 is 41.0. The van der Waals surface area contributed by atoms with Crippen LogP contribution in [0.5, 0.6) is 5.75 Å². The molecular formula is C36H54F2O2. The average molecular weight is 557 g/mol. The van der Waals surface area contributed by atoms with E-state index in [1.807, 2.05) is 0 Å². The third-order valence-corrected chi connectivity index (χ3v) is 11.5. The fourth-order valence-corrected chi connectivity index (χ4v) is 9.00. The summed E-state index contributed by atoms with van der Waals surface area (Å²) in [5.74, 6) is 3.58. The van der Waals surface area contributed by atoms with Gasteiger partial charge in [-0.05, 0) is 157 Å². The molecule has 0 radical (unpaired) electrons. The summed E-state index contributed by atoms with van der Waals surface area (Å²) in [6.07, 6.45) is 25.6. The van der Waals surface area contributed by atoms with Crippen molar-refractivity contribution >= 4 is 0 Å². The van der Waals surface area contributed by atoms with Crippen LogP contribution >= 0.6 is 0 Å². The number of allylic oxidation sites excluding steroid dienone is 2. The molecule has 1 aliphatic heterocycles. The Hall–Kier alpha value is -1.42. The Labute approximate surface area is 242 Å². The van der Waals surface area contributed by atoms with E-state index in [1.165, 1.54) is 77.0 Å². The molecule has 0 bridgehead atoms. The third-order valence-electron chi connectivity index (χ3n) is 11.5. The average Bonchev–Trinajstić information content (AvgIpc) is 3.01. The molecule has 40 heavy (non-hydrogen) atoms. The lowest BCUT2D eigenvalue weighted by molar-refractivity contribution is -0.0749. The smallest absolute Gasteiger partial charge is 0.200 e. The molecule has 3 aliphatic carbocycles. The first-order chi connectivity index (χ1) is 19.6. The van der Waals surface area contributed by atoms with E-state index in [1.54, 1.807) is 19.1 Å². The maximum atomic E-state index is 14.8. The Morgan fingerprint density at radius 3 is 1.95 bits per heavy atom. The molecule has 2 atom stereocenters. The SMILES string of the molecule is CC=CCCC1CCC(C2CCC(C3CCC(C4CCC(c5ccc(OCC)c(F)c5F)CC4)CC3)CO2)CC1. The number of rotatable bonds is 9. The number of hydrogen-bond acceptors (Lipinski definition) is 2. The molecule has 3 saturated carbocycles. The lowest BCUT2D eigenvalue weighted by Gasteiger charge is -2.43. The summed E-state index contributed by atoms with van der Waals surface area (Å²) >= 11 is 0. The Bertz CT molecular complexity index is 928. The summed E-state index contributed by atoms with van der Waals surface area (Å²) in [6.45, 7) is 5.26. The molecule has 0 N–H and O–H groups in total. The number of halogens is 2. The van der Waals surface area contributed by atoms with Crippen molar-refractivity contribution in [2.45, 2.75) is 129 Å². The van der Waals surface area contributed by atoms with Crippen molar-refractivity contribution < 1.29 is 18.3 Å². The minimum atomic E-state index is -0.819. The van der Waals surface area contributed by atoms with E-state index in [0.29, 0.717) is 18.3 Å². The molecule has 5 rings (SSSR count). The fraction of sp³-hybridized carbons (Fsp3) is 0.778. The van der Waals surface area contributed by atoms with Gasteiger partial charge in [-0.3, -0.25) is 0 Å². The van der Waals surface area contributed by atoms with E-state index >= 15 is 0 Å². The predicted octanol–water partition coefficient (Wildman–Crippen LogP) is 10.4. The number of ether oxygens (including phenoxy) is 2. The van der Waals surface area contributed by atoms with Crippen LogP contribution in [-0.4, -0.2) is 19.3 Å². The summed E-state index contributed by atoms with van der Waals surface area (Å²) in [5.41, 5.74) is 0.552. The number of benzene rings is 1. The first kappa shape index (κ1) is 30.1. The van der Waals surface area contributed by atoms with Gasteiger partial charge in [0.1, 0.15) is 0 Å². The van der Waals surface area contributed by atoms with Crippen LogP contribution in [0, 0.1) is 47.1 Å². The van der Waals surface area contributed by atoms with Gasteiger partial charge in [0.15, 0.2) is 11.6 Å². The van der Waals surface area contributed by atoms with E-state index in [-0.39, 0.29) is 11.7 Å². The van der Waals surface area contributed by atoms with Gasteiger partial charge >= 0.3 is 0 Å². The minimum absolute atomic E-state index is 0.0337. The molecule has 1 aromatic rings. The lowest BCUT2D eigenvalue weighted by atomic mass is 9.66. The highest BCUT2D eigenvalue weighted by atomic mass is 19.2. The van der Waals surface area contributed by atoms with Crippen LogP contribution in [0.25, 0.3) is 0 Å². The van der Waals surface area contributed by atoms with Gasteiger partial charge in [0, 0.05) is 0 Å². The maximum Gasteiger partial charge on any atom is 0.200 e. The quantitative estimate of drug-likeness (QED) is 0.282. The molecule has 4 aliphatic rings. The van der Waals surface area contributed by atoms with Crippen molar-refractivity contribution in [1.29, 1.82) is 0 Å². The normalized spacial score (nSPS) is 35.6. The molecule has 2 unspecified atom stereocenters. The second kappa shape index (κ2) is 14.7. The van der Waals surface area contributed by atoms with Crippen molar-refractivity contribution in [2.24, 2.45) is 35.5 Å². The second-order valence-electron chi connectivity index (χ2n) is 13.6. The molecule has 4 fully saturated rings. The third kappa shape index (κ3) is 7.31. The van der Waals surface area contributed by atoms with Crippen molar-refractivity contribution in [3.05, 3.63) is 41.5 Å². The van der Waals surface area contributed by atoms with Crippen molar-refractivity contribution in [2.75, 3.05) is 13.2 Å². The predicted molar refractivity (Wildman–Crippen MR) is 160 cm³/mol. The lowest BCUT2D eigenvalue weighted by Crippen LogP contribution is -2.37. The molecule has 1 aromatic carbocycles. The largest absolute Gasteiger partial charge is 0.491 e. The van der Waals surface area contributed by atoms with Crippen LogP contribution in [0.2, 0.25) is 0 Å². The van der Waals surface area contributed by atoms with E-state index < -0.39 is 11.6 Å². The highest BCUT2D eigenvalue weighted by molar-refractivity contribution is 5.33. The zero-order valence-electron chi connectivity index (χ0n) is 25.2. The summed E-state index contributed by atoms with van der Waals surface area (Å²) in [7, 11) is 0. The Morgan fingerprint density at radius 2 is 1.35 bits per heavy atom. The highest BCUT2D eigenvalue weighted by Crippen LogP contribution is 2.47. The van der Waals surface area contributed by atoms with E-state index in [9.17, 15) is 8.78 Å². The van der Waals surface area contributed by atoms with Crippen LogP contribution in [0.1, 0.15) is 128 Å². The van der Waals surface area contributed by atoms with Gasteiger partial charge in [-0.15, -0.1) is 0 Å². The first-order valence-corrected chi connectivity index (χ1v) is 16.9. The monoisotopic (exact) mass is 556 g/mol. The molecule has 4 heteroatoms.